The van der Waals surface area contributed by atoms with Crippen LogP contribution in [0.4, 0.5) is 0 Å². The lowest BCUT2D eigenvalue weighted by molar-refractivity contribution is -0.0560. The molecule has 0 spiro atoms. The first-order valence-corrected chi connectivity index (χ1v) is 9.26. The average molecular weight is 397 g/mol. The molecule has 0 saturated heterocycles. The highest BCUT2D eigenvalue weighted by atomic mass is 16.5. The van der Waals surface area contributed by atoms with E-state index < -0.39 is 24.3 Å². The molecule has 1 aromatic heterocycles. The van der Waals surface area contributed by atoms with Crippen molar-refractivity contribution in [3.8, 4) is 16.8 Å². The molecule has 3 rings (SSSR count). The van der Waals surface area contributed by atoms with Crippen LogP contribution in [0.15, 0.2) is 54.6 Å². The number of esters is 1. The maximum absolute atomic E-state index is 12.3. The molecule has 3 aromatic rings. The monoisotopic (exact) mass is 397 g/mol. The van der Waals surface area contributed by atoms with Gasteiger partial charge in [0.25, 0.3) is 0 Å². The van der Waals surface area contributed by atoms with Crippen molar-refractivity contribution in [3.63, 3.8) is 0 Å². The van der Waals surface area contributed by atoms with Gasteiger partial charge in [-0.25, -0.2) is 9.48 Å². The minimum atomic E-state index is -1.60. The van der Waals surface area contributed by atoms with Crippen molar-refractivity contribution in [2.45, 2.75) is 32.2 Å². The Bertz CT molecular complexity index is 954. The van der Waals surface area contributed by atoms with Crippen LogP contribution in [0.3, 0.4) is 0 Å². The molecular weight excluding hydrogens is 374 g/mol. The van der Waals surface area contributed by atoms with E-state index in [1.165, 1.54) is 11.6 Å². The summed E-state index contributed by atoms with van der Waals surface area (Å²) in [4.78, 5) is 12.3. The second-order valence-corrected chi connectivity index (χ2v) is 6.54. The van der Waals surface area contributed by atoms with Gasteiger partial charge in [0, 0.05) is 0 Å². The first kappa shape index (κ1) is 20.7. The van der Waals surface area contributed by atoms with E-state index >= 15 is 0 Å². The van der Waals surface area contributed by atoms with Crippen LogP contribution in [0.25, 0.3) is 16.8 Å². The fraction of sp³-hybridized carbons (Fsp3) is 0.286. The lowest BCUT2D eigenvalue weighted by Crippen LogP contribution is -2.32. The highest BCUT2D eigenvalue weighted by molar-refractivity contribution is 5.88. The highest BCUT2D eigenvalue weighted by Gasteiger charge is 2.33. The largest absolute Gasteiger partial charge is 0.461 e. The lowest BCUT2D eigenvalue weighted by Gasteiger charge is -2.21. The summed E-state index contributed by atoms with van der Waals surface area (Å²) in [5.74, 6) is -0.772. The number of carbonyl (C=O) groups excluding carboxylic acids is 1. The van der Waals surface area contributed by atoms with E-state index in [1.54, 1.807) is 19.1 Å². The standard InChI is InChI=1S/C21H23N3O5/c1-3-29-21(28)17-18(20(27)19(26)13(2)25)24(23-22-17)16-11-9-15(10-12-16)14-7-5-4-6-8-14/h4-13,19-20,25-27H,3H2,1-2H3/t13-,19-,20-/m0/s1. The Balaban J connectivity index is 2.03. The zero-order valence-electron chi connectivity index (χ0n) is 16.1. The smallest absolute Gasteiger partial charge is 0.360 e. The van der Waals surface area contributed by atoms with Gasteiger partial charge in [0.15, 0.2) is 5.69 Å². The van der Waals surface area contributed by atoms with Crippen molar-refractivity contribution in [1.82, 2.24) is 15.0 Å². The fourth-order valence-corrected chi connectivity index (χ4v) is 2.94. The Morgan fingerprint density at radius 3 is 2.24 bits per heavy atom. The molecule has 0 saturated carbocycles. The second-order valence-electron chi connectivity index (χ2n) is 6.54. The number of aliphatic hydroxyl groups is 3. The molecule has 0 fully saturated rings. The van der Waals surface area contributed by atoms with E-state index in [1.807, 2.05) is 42.5 Å². The summed E-state index contributed by atoms with van der Waals surface area (Å²) in [7, 11) is 0. The highest BCUT2D eigenvalue weighted by Crippen LogP contribution is 2.27. The Labute approximate surface area is 168 Å². The van der Waals surface area contributed by atoms with Crippen molar-refractivity contribution in [1.29, 1.82) is 0 Å². The predicted octanol–water partition coefficient (Wildman–Crippen LogP) is 1.89. The van der Waals surface area contributed by atoms with Crippen LogP contribution in [-0.2, 0) is 4.74 Å². The third-order valence-electron chi connectivity index (χ3n) is 4.49. The minimum Gasteiger partial charge on any atom is -0.461 e. The van der Waals surface area contributed by atoms with E-state index in [0.717, 1.165) is 11.1 Å². The van der Waals surface area contributed by atoms with E-state index in [-0.39, 0.29) is 18.0 Å². The quantitative estimate of drug-likeness (QED) is 0.521. The Morgan fingerprint density at radius 1 is 1.03 bits per heavy atom. The lowest BCUT2D eigenvalue weighted by atomic mass is 10.0. The number of nitrogens with zero attached hydrogens (tertiary/aromatic N) is 3. The van der Waals surface area contributed by atoms with Crippen molar-refractivity contribution in [2.24, 2.45) is 0 Å². The maximum Gasteiger partial charge on any atom is 0.360 e. The van der Waals surface area contributed by atoms with E-state index in [0.29, 0.717) is 5.69 Å². The average Bonchev–Trinajstić information content (AvgIpc) is 3.18. The van der Waals surface area contributed by atoms with Crippen molar-refractivity contribution in [2.75, 3.05) is 6.61 Å². The molecule has 0 unspecified atom stereocenters. The van der Waals surface area contributed by atoms with E-state index in [2.05, 4.69) is 10.3 Å². The van der Waals surface area contributed by atoms with Gasteiger partial charge in [-0.3, -0.25) is 0 Å². The molecule has 0 bridgehead atoms. The van der Waals surface area contributed by atoms with E-state index in [4.69, 9.17) is 4.74 Å². The number of ether oxygens (including phenoxy) is 1. The van der Waals surface area contributed by atoms with Crippen LogP contribution in [0, 0.1) is 0 Å². The van der Waals surface area contributed by atoms with Crippen LogP contribution in [-0.4, -0.2) is 55.1 Å². The topological polar surface area (TPSA) is 118 Å². The normalized spacial score (nSPS) is 14.2. The SMILES string of the molecule is CCOC(=O)c1nnn(-c2ccc(-c3ccccc3)cc2)c1[C@H](O)[C@@H](O)[C@H](C)O. The Morgan fingerprint density at radius 2 is 1.66 bits per heavy atom. The molecule has 29 heavy (non-hydrogen) atoms. The van der Waals surface area contributed by atoms with Crippen molar-refractivity contribution < 1.29 is 24.9 Å². The molecule has 0 aliphatic rings. The van der Waals surface area contributed by atoms with Crippen LogP contribution in [0.2, 0.25) is 0 Å². The number of hydrogen-bond acceptors (Lipinski definition) is 7. The fourth-order valence-electron chi connectivity index (χ4n) is 2.94. The van der Waals surface area contributed by atoms with Crippen molar-refractivity contribution in [3.05, 3.63) is 66.0 Å². The van der Waals surface area contributed by atoms with Gasteiger partial charge >= 0.3 is 5.97 Å². The van der Waals surface area contributed by atoms with Gasteiger partial charge in [-0.1, -0.05) is 47.7 Å². The van der Waals surface area contributed by atoms with Crippen molar-refractivity contribution >= 4 is 5.97 Å². The molecular formula is C21H23N3O5. The summed E-state index contributed by atoms with van der Waals surface area (Å²) in [6.45, 7) is 3.10. The summed E-state index contributed by atoms with van der Waals surface area (Å²) in [6.07, 6.45) is -4.37. The molecule has 0 radical (unpaired) electrons. The number of rotatable bonds is 7. The minimum absolute atomic E-state index is 0.0516. The maximum atomic E-state index is 12.3. The summed E-state index contributed by atoms with van der Waals surface area (Å²) in [5, 5.41) is 38.2. The molecule has 0 amide bonds. The molecule has 152 valence electrons. The van der Waals surface area contributed by atoms with Gasteiger partial charge in [-0.05, 0) is 37.1 Å². The van der Waals surface area contributed by atoms with Crippen LogP contribution < -0.4 is 0 Å². The third kappa shape index (κ3) is 4.34. The first-order valence-electron chi connectivity index (χ1n) is 9.26. The second kappa shape index (κ2) is 8.95. The molecule has 2 aromatic carbocycles. The summed E-state index contributed by atoms with van der Waals surface area (Å²) in [5.41, 5.74) is 2.27. The molecule has 1 heterocycles. The van der Waals surface area contributed by atoms with E-state index in [9.17, 15) is 20.1 Å². The number of carbonyl (C=O) groups is 1. The summed E-state index contributed by atoms with van der Waals surface area (Å²) < 4.78 is 6.24. The zero-order chi connectivity index (χ0) is 21.0. The predicted molar refractivity (Wildman–Crippen MR) is 105 cm³/mol. The zero-order valence-corrected chi connectivity index (χ0v) is 16.1. The number of aliphatic hydroxyl groups excluding tert-OH is 3. The van der Waals surface area contributed by atoms with Crippen LogP contribution in [0.1, 0.15) is 36.1 Å². The van der Waals surface area contributed by atoms with Gasteiger partial charge in [0.05, 0.1) is 18.4 Å². The molecule has 3 N–H and O–H groups in total. The molecule has 8 heteroatoms. The molecule has 8 nitrogen and oxygen atoms in total. The van der Waals surface area contributed by atoms with Gasteiger partial charge in [-0.2, -0.15) is 0 Å². The Kier molecular flexibility index (Phi) is 6.38. The molecule has 0 aliphatic carbocycles. The van der Waals surface area contributed by atoms with Gasteiger partial charge in [-0.15, -0.1) is 5.10 Å². The van der Waals surface area contributed by atoms with Crippen LogP contribution in [0.5, 0.6) is 0 Å². The Hall–Kier alpha value is -3.07. The molecule has 0 aliphatic heterocycles. The van der Waals surface area contributed by atoms with Gasteiger partial charge < -0.3 is 20.1 Å². The van der Waals surface area contributed by atoms with Gasteiger partial charge in [0.2, 0.25) is 0 Å². The number of benzene rings is 2. The van der Waals surface area contributed by atoms with Crippen LogP contribution >= 0.6 is 0 Å². The number of hydrogen-bond donors (Lipinski definition) is 3. The number of aromatic nitrogens is 3. The van der Waals surface area contributed by atoms with Gasteiger partial charge in [0.1, 0.15) is 17.9 Å². The summed E-state index contributed by atoms with van der Waals surface area (Å²) in [6, 6.07) is 17.1. The molecule has 3 atom stereocenters. The first-order chi connectivity index (χ1) is 13.9. The third-order valence-corrected chi connectivity index (χ3v) is 4.49. The summed E-state index contributed by atoms with van der Waals surface area (Å²) >= 11 is 0.